The molecule has 0 amide bonds. The summed E-state index contributed by atoms with van der Waals surface area (Å²) in [6, 6.07) is 4.50. The normalized spacial score (nSPS) is 10.8. The smallest absolute Gasteiger partial charge is 0.170 e. The summed E-state index contributed by atoms with van der Waals surface area (Å²) >= 11 is 3.22. The van der Waals surface area contributed by atoms with Crippen LogP contribution >= 0.6 is 15.9 Å². The van der Waals surface area contributed by atoms with E-state index in [1.807, 2.05) is 13.8 Å². The molecule has 0 bridgehead atoms. The maximum Gasteiger partial charge on any atom is 0.170 e. The molecule has 100 valence electrons. The molecule has 0 aliphatic rings. The lowest BCUT2D eigenvalue weighted by Crippen LogP contribution is -2.07. The molecule has 0 fully saturated rings. The average Bonchev–Trinajstić information content (AvgIpc) is 2.51. The number of ketones is 1. The Morgan fingerprint density at radius 2 is 2.05 bits per heavy atom. The van der Waals surface area contributed by atoms with Gasteiger partial charge in [-0.3, -0.25) is 9.48 Å². The number of nitrogens with zero attached hydrogens (tertiary/aromatic N) is 2. The molecule has 1 heterocycles. The van der Waals surface area contributed by atoms with Gasteiger partial charge in [-0.1, -0.05) is 15.9 Å². The van der Waals surface area contributed by atoms with Crippen molar-refractivity contribution < 1.29 is 9.18 Å². The van der Waals surface area contributed by atoms with Gasteiger partial charge in [0.15, 0.2) is 5.78 Å². The van der Waals surface area contributed by atoms with E-state index in [9.17, 15) is 9.18 Å². The summed E-state index contributed by atoms with van der Waals surface area (Å²) in [5, 5.41) is 4.22. The molecule has 19 heavy (non-hydrogen) atoms. The molecule has 0 radical (unpaired) electrons. The molecule has 2 rings (SSSR count). The summed E-state index contributed by atoms with van der Waals surface area (Å²) in [4.78, 5) is 12.3. The van der Waals surface area contributed by atoms with Crippen LogP contribution in [0.5, 0.6) is 0 Å². The number of hydrogen-bond acceptors (Lipinski definition) is 2. The van der Waals surface area contributed by atoms with Gasteiger partial charge in [-0.05, 0) is 37.6 Å². The number of aryl methyl sites for hydroxylation is 2. The molecule has 5 heteroatoms. The van der Waals surface area contributed by atoms with E-state index in [1.54, 1.807) is 17.8 Å². The van der Waals surface area contributed by atoms with Crippen molar-refractivity contribution in [1.29, 1.82) is 0 Å². The van der Waals surface area contributed by atoms with E-state index in [1.165, 1.54) is 12.1 Å². The molecule has 2 aromatic rings. The maximum atomic E-state index is 13.3. The Labute approximate surface area is 119 Å². The van der Waals surface area contributed by atoms with Gasteiger partial charge in [0.1, 0.15) is 5.82 Å². The highest BCUT2D eigenvalue weighted by Gasteiger charge is 2.17. The van der Waals surface area contributed by atoms with Crippen molar-refractivity contribution in [3.8, 4) is 0 Å². The van der Waals surface area contributed by atoms with Crippen LogP contribution in [0.1, 0.15) is 27.3 Å². The minimum atomic E-state index is -0.350. The zero-order valence-corrected chi connectivity index (χ0v) is 12.6. The number of benzene rings is 1. The van der Waals surface area contributed by atoms with Crippen LogP contribution in [0.2, 0.25) is 0 Å². The number of carbonyl (C=O) groups excluding carboxylic acids is 1. The minimum Gasteiger partial charge on any atom is -0.294 e. The number of hydrogen-bond donors (Lipinski definition) is 0. The van der Waals surface area contributed by atoms with Crippen LogP contribution in [-0.2, 0) is 13.5 Å². The molecule has 0 spiro atoms. The number of carbonyl (C=O) groups is 1. The van der Waals surface area contributed by atoms with Crippen molar-refractivity contribution in [3.05, 3.63) is 51.0 Å². The Hall–Kier alpha value is -1.49. The van der Waals surface area contributed by atoms with Gasteiger partial charge in [-0.15, -0.1) is 0 Å². The zero-order chi connectivity index (χ0) is 14.2. The molecule has 3 nitrogen and oxygen atoms in total. The molecule has 0 unspecified atom stereocenters. The highest BCUT2D eigenvalue weighted by atomic mass is 79.9. The Morgan fingerprint density at radius 1 is 1.37 bits per heavy atom. The molecular formula is C14H14BrFN2O. The summed E-state index contributed by atoms with van der Waals surface area (Å²) in [5.41, 5.74) is 2.82. The zero-order valence-electron chi connectivity index (χ0n) is 11.0. The number of Topliss-reactive ketones (excluding diaryl/α,β-unsaturated/α-hetero) is 1. The largest absolute Gasteiger partial charge is 0.294 e. The first-order valence-electron chi connectivity index (χ1n) is 5.87. The summed E-state index contributed by atoms with van der Waals surface area (Å²) in [7, 11) is 1.80. The van der Waals surface area contributed by atoms with E-state index < -0.39 is 0 Å². The summed E-state index contributed by atoms with van der Waals surface area (Å²) in [5.74, 6) is -0.391. The summed E-state index contributed by atoms with van der Waals surface area (Å²) in [6.07, 6.45) is 0.170. The predicted octanol–water partition coefficient (Wildman–Crippen LogP) is 3.36. The first-order valence-corrected chi connectivity index (χ1v) is 6.66. The van der Waals surface area contributed by atoms with E-state index in [2.05, 4.69) is 21.0 Å². The van der Waals surface area contributed by atoms with Crippen LogP contribution in [0.3, 0.4) is 0 Å². The fourth-order valence-electron chi connectivity index (χ4n) is 2.16. The van der Waals surface area contributed by atoms with Crippen molar-refractivity contribution >= 4 is 21.7 Å². The van der Waals surface area contributed by atoms with Crippen molar-refractivity contribution in [2.45, 2.75) is 20.3 Å². The monoisotopic (exact) mass is 324 g/mol. The Bertz CT molecular complexity index is 629. The minimum absolute atomic E-state index is 0.0411. The molecule has 0 aliphatic carbocycles. The van der Waals surface area contributed by atoms with Crippen molar-refractivity contribution in [1.82, 2.24) is 9.78 Å². The molecule has 1 aromatic heterocycles. The van der Waals surface area contributed by atoms with Crippen LogP contribution in [0.25, 0.3) is 0 Å². The lowest BCUT2D eigenvalue weighted by atomic mass is 10.0. The fourth-order valence-corrected chi connectivity index (χ4v) is 2.68. The SMILES string of the molecule is Cc1nn(C)c(C)c1C(=O)Cc1cc(F)cc(Br)c1. The van der Waals surface area contributed by atoms with Crippen LogP contribution in [0.4, 0.5) is 4.39 Å². The van der Waals surface area contributed by atoms with Gasteiger partial charge in [0.2, 0.25) is 0 Å². The summed E-state index contributed by atoms with van der Waals surface area (Å²) < 4.78 is 15.6. The Balaban J connectivity index is 2.30. The second kappa shape index (κ2) is 5.25. The second-order valence-electron chi connectivity index (χ2n) is 4.55. The third kappa shape index (κ3) is 2.92. The lowest BCUT2D eigenvalue weighted by Gasteiger charge is -2.03. The molecule has 0 N–H and O–H groups in total. The van der Waals surface area contributed by atoms with Crippen molar-refractivity contribution in [2.75, 3.05) is 0 Å². The van der Waals surface area contributed by atoms with Crippen LogP contribution in [-0.4, -0.2) is 15.6 Å². The third-order valence-corrected chi connectivity index (χ3v) is 3.53. The molecule has 0 saturated heterocycles. The number of aromatic nitrogens is 2. The van der Waals surface area contributed by atoms with E-state index >= 15 is 0 Å². The fraction of sp³-hybridized carbons (Fsp3) is 0.286. The van der Waals surface area contributed by atoms with Gasteiger partial charge in [0.05, 0.1) is 11.3 Å². The van der Waals surface area contributed by atoms with Crippen LogP contribution in [0.15, 0.2) is 22.7 Å². The third-order valence-electron chi connectivity index (χ3n) is 3.07. The maximum absolute atomic E-state index is 13.3. The molecule has 0 atom stereocenters. The second-order valence-corrected chi connectivity index (χ2v) is 5.46. The first kappa shape index (κ1) is 13.9. The van der Waals surface area contributed by atoms with Gasteiger partial charge in [-0.25, -0.2) is 4.39 Å². The standard InChI is InChI=1S/C14H14BrFN2O/c1-8-14(9(2)18(3)17-8)13(19)6-10-4-11(15)7-12(16)5-10/h4-5,7H,6H2,1-3H3. The van der Waals surface area contributed by atoms with Gasteiger partial charge in [0.25, 0.3) is 0 Å². The highest BCUT2D eigenvalue weighted by molar-refractivity contribution is 9.10. The van der Waals surface area contributed by atoms with Crippen LogP contribution < -0.4 is 0 Å². The van der Waals surface area contributed by atoms with Crippen LogP contribution in [0, 0.1) is 19.7 Å². The number of halogens is 2. The topological polar surface area (TPSA) is 34.9 Å². The lowest BCUT2D eigenvalue weighted by molar-refractivity contribution is 0.0991. The molecular weight excluding hydrogens is 311 g/mol. The predicted molar refractivity (Wildman–Crippen MR) is 74.8 cm³/mol. The van der Waals surface area contributed by atoms with Gasteiger partial charge in [0, 0.05) is 23.6 Å². The molecule has 0 saturated carbocycles. The Morgan fingerprint density at radius 3 is 2.58 bits per heavy atom. The average molecular weight is 325 g/mol. The van der Waals surface area contributed by atoms with E-state index in [-0.39, 0.29) is 18.0 Å². The highest BCUT2D eigenvalue weighted by Crippen LogP contribution is 2.19. The van der Waals surface area contributed by atoms with Gasteiger partial charge >= 0.3 is 0 Å². The Kier molecular flexibility index (Phi) is 3.85. The van der Waals surface area contributed by atoms with Crippen molar-refractivity contribution in [3.63, 3.8) is 0 Å². The first-order chi connectivity index (χ1) is 8.88. The van der Waals surface area contributed by atoms with E-state index in [0.717, 1.165) is 5.69 Å². The van der Waals surface area contributed by atoms with Gasteiger partial charge in [-0.2, -0.15) is 5.10 Å². The quantitative estimate of drug-likeness (QED) is 0.811. The molecule has 0 aliphatic heterocycles. The van der Waals surface area contributed by atoms with E-state index in [0.29, 0.717) is 21.3 Å². The van der Waals surface area contributed by atoms with Gasteiger partial charge < -0.3 is 0 Å². The number of rotatable bonds is 3. The summed E-state index contributed by atoms with van der Waals surface area (Å²) in [6.45, 7) is 3.66. The van der Waals surface area contributed by atoms with Crippen molar-refractivity contribution in [2.24, 2.45) is 7.05 Å². The molecule has 1 aromatic carbocycles. The van der Waals surface area contributed by atoms with E-state index in [4.69, 9.17) is 0 Å².